The van der Waals surface area contributed by atoms with Gasteiger partial charge in [-0.2, -0.15) is 0 Å². The number of nitrogens with one attached hydrogen (secondary N) is 2. The normalized spacial score (nSPS) is 19.0. The zero-order chi connectivity index (χ0) is 20.8. The molecule has 1 aromatic rings. The van der Waals surface area contributed by atoms with Crippen molar-refractivity contribution in [2.75, 3.05) is 23.8 Å². The van der Waals surface area contributed by atoms with Crippen LogP contribution in [0.2, 0.25) is 0 Å². The minimum atomic E-state index is -0.864. The van der Waals surface area contributed by atoms with Crippen molar-refractivity contribution in [1.29, 1.82) is 0 Å². The Balaban J connectivity index is 1.51. The van der Waals surface area contributed by atoms with Crippen molar-refractivity contribution in [3.8, 4) is 0 Å². The number of benzene rings is 1. The number of aliphatic hydroxyl groups excluding tert-OH is 1. The minimum Gasteiger partial charge on any atom is -0.391 e. The molecule has 2 aliphatic carbocycles. The molecule has 3 rings (SSSR count). The van der Waals surface area contributed by atoms with Crippen LogP contribution in [0.15, 0.2) is 18.2 Å². The molecule has 0 aliphatic heterocycles. The molecule has 2 aliphatic rings. The largest absolute Gasteiger partial charge is 0.391 e. The van der Waals surface area contributed by atoms with E-state index in [0.29, 0.717) is 11.7 Å². The molecule has 160 valence electrons. The van der Waals surface area contributed by atoms with Crippen molar-refractivity contribution in [1.82, 2.24) is 5.32 Å². The average Bonchev–Trinajstić information content (AvgIpc) is 3.27. The van der Waals surface area contributed by atoms with Crippen molar-refractivity contribution in [2.24, 2.45) is 5.92 Å². The third kappa shape index (κ3) is 5.69. The van der Waals surface area contributed by atoms with Crippen LogP contribution in [-0.4, -0.2) is 42.7 Å². The van der Waals surface area contributed by atoms with Crippen molar-refractivity contribution >= 4 is 23.2 Å². The Hall–Kier alpha value is -2.15. The first-order chi connectivity index (χ1) is 14.0. The Morgan fingerprint density at radius 1 is 1.10 bits per heavy atom. The smallest absolute Gasteiger partial charge is 0.313 e. The van der Waals surface area contributed by atoms with Gasteiger partial charge in [-0.15, -0.1) is 0 Å². The lowest BCUT2D eigenvalue weighted by Gasteiger charge is -2.33. The molecule has 3 N–H and O–H groups in total. The Labute approximate surface area is 171 Å². The summed E-state index contributed by atoms with van der Waals surface area (Å²) < 4.78 is 14.6. The lowest BCUT2D eigenvalue weighted by Crippen LogP contribution is -2.41. The van der Waals surface area contributed by atoms with Gasteiger partial charge in [0, 0.05) is 25.3 Å². The molecule has 0 radical (unpaired) electrons. The van der Waals surface area contributed by atoms with Gasteiger partial charge in [0.1, 0.15) is 5.82 Å². The first-order valence-electron chi connectivity index (χ1n) is 10.8. The van der Waals surface area contributed by atoms with Crippen molar-refractivity contribution in [3.05, 3.63) is 24.0 Å². The molecule has 0 spiro atoms. The van der Waals surface area contributed by atoms with Crippen LogP contribution in [0.3, 0.4) is 0 Å². The van der Waals surface area contributed by atoms with Crippen molar-refractivity contribution in [2.45, 2.75) is 69.9 Å². The van der Waals surface area contributed by atoms with E-state index in [2.05, 4.69) is 10.6 Å². The van der Waals surface area contributed by atoms with E-state index in [1.807, 2.05) is 11.9 Å². The summed E-state index contributed by atoms with van der Waals surface area (Å²) in [4.78, 5) is 26.1. The molecule has 0 heterocycles. The summed E-state index contributed by atoms with van der Waals surface area (Å²) in [5, 5.41) is 15.0. The molecular weight excluding hydrogens is 373 g/mol. The van der Waals surface area contributed by atoms with Gasteiger partial charge >= 0.3 is 11.8 Å². The van der Waals surface area contributed by atoms with Crippen molar-refractivity contribution < 1.29 is 19.1 Å². The standard InChI is InChI=1S/C22H32FN3O3/c1-26(17-9-3-2-4-10-17)19-12-11-16(13-18(19)23)25-22(29)21(28)24-14-20(27)15-7-5-6-8-15/h11-13,15,17,20,27H,2-10,14H2,1H3,(H,24,28)(H,25,29). The number of carbonyl (C=O) groups excluding carboxylic acids is 2. The first kappa shape index (κ1) is 21.6. The molecule has 0 saturated heterocycles. The highest BCUT2D eigenvalue weighted by atomic mass is 19.1. The van der Waals surface area contributed by atoms with Gasteiger partial charge in [-0.1, -0.05) is 32.1 Å². The zero-order valence-electron chi connectivity index (χ0n) is 17.1. The molecule has 1 atom stereocenters. The highest BCUT2D eigenvalue weighted by Gasteiger charge is 2.25. The Morgan fingerprint density at radius 2 is 1.76 bits per heavy atom. The van der Waals surface area contributed by atoms with Crippen LogP contribution < -0.4 is 15.5 Å². The van der Waals surface area contributed by atoms with E-state index >= 15 is 0 Å². The number of carbonyl (C=O) groups is 2. The maximum Gasteiger partial charge on any atom is 0.313 e. The number of amides is 2. The predicted molar refractivity (Wildman–Crippen MR) is 111 cm³/mol. The zero-order valence-corrected chi connectivity index (χ0v) is 17.1. The molecule has 1 unspecified atom stereocenters. The third-order valence-corrected chi connectivity index (χ3v) is 6.33. The quantitative estimate of drug-likeness (QED) is 0.635. The number of nitrogens with zero attached hydrogens (tertiary/aromatic N) is 1. The predicted octanol–water partition coefficient (Wildman–Crippen LogP) is 3.20. The van der Waals surface area contributed by atoms with Crippen LogP contribution in [0.25, 0.3) is 0 Å². The van der Waals surface area contributed by atoms with Crippen LogP contribution >= 0.6 is 0 Å². The Bertz CT molecular complexity index is 715. The number of anilines is 2. The molecule has 29 heavy (non-hydrogen) atoms. The summed E-state index contributed by atoms with van der Waals surface area (Å²) >= 11 is 0. The van der Waals surface area contributed by atoms with E-state index in [-0.39, 0.29) is 18.2 Å². The van der Waals surface area contributed by atoms with Gasteiger partial charge in [0.25, 0.3) is 0 Å². The van der Waals surface area contributed by atoms with E-state index in [4.69, 9.17) is 0 Å². The summed E-state index contributed by atoms with van der Waals surface area (Å²) in [5.74, 6) is -1.93. The average molecular weight is 406 g/mol. The highest BCUT2D eigenvalue weighted by molar-refractivity contribution is 6.39. The van der Waals surface area contributed by atoms with E-state index < -0.39 is 23.7 Å². The van der Waals surface area contributed by atoms with Gasteiger partial charge in [0.15, 0.2) is 0 Å². The molecule has 7 heteroatoms. The molecule has 0 aromatic heterocycles. The molecule has 2 saturated carbocycles. The summed E-state index contributed by atoms with van der Waals surface area (Å²) in [6.07, 6.45) is 9.11. The second kappa shape index (κ2) is 10.1. The monoisotopic (exact) mass is 405 g/mol. The molecular formula is C22H32FN3O3. The Kier molecular flexibility index (Phi) is 7.47. The van der Waals surface area contributed by atoms with Crippen molar-refractivity contribution in [3.63, 3.8) is 0 Å². The maximum atomic E-state index is 14.6. The fourth-order valence-corrected chi connectivity index (χ4v) is 4.51. The number of halogens is 1. The third-order valence-electron chi connectivity index (χ3n) is 6.33. The SMILES string of the molecule is CN(c1ccc(NC(=O)C(=O)NCC(O)C2CCCC2)cc1F)C1CCCCC1. The number of aliphatic hydroxyl groups is 1. The summed E-state index contributed by atoms with van der Waals surface area (Å²) in [5.41, 5.74) is 0.735. The van der Waals surface area contributed by atoms with Crippen LogP contribution in [0.1, 0.15) is 57.8 Å². The fraction of sp³-hybridized carbons (Fsp3) is 0.636. The lowest BCUT2D eigenvalue weighted by molar-refractivity contribution is -0.136. The number of hydrogen-bond donors (Lipinski definition) is 3. The summed E-state index contributed by atoms with van der Waals surface area (Å²) in [7, 11) is 1.90. The van der Waals surface area contributed by atoms with E-state index in [1.54, 1.807) is 12.1 Å². The lowest BCUT2D eigenvalue weighted by atomic mass is 9.94. The van der Waals surface area contributed by atoms with E-state index in [9.17, 15) is 19.1 Å². The van der Waals surface area contributed by atoms with Gasteiger partial charge in [-0.25, -0.2) is 4.39 Å². The maximum absolute atomic E-state index is 14.6. The highest BCUT2D eigenvalue weighted by Crippen LogP contribution is 2.29. The second-order valence-corrected chi connectivity index (χ2v) is 8.34. The van der Waals surface area contributed by atoms with Crippen LogP contribution in [0.5, 0.6) is 0 Å². The summed E-state index contributed by atoms with van der Waals surface area (Å²) in [6, 6.07) is 4.82. The Morgan fingerprint density at radius 3 is 2.41 bits per heavy atom. The molecule has 2 amide bonds. The number of hydrogen-bond acceptors (Lipinski definition) is 4. The van der Waals surface area contributed by atoms with Gasteiger partial charge < -0.3 is 20.6 Å². The van der Waals surface area contributed by atoms with Gasteiger partial charge in [-0.05, 0) is 49.8 Å². The molecule has 0 bridgehead atoms. The van der Waals surface area contributed by atoms with Crippen LogP contribution in [-0.2, 0) is 9.59 Å². The van der Waals surface area contributed by atoms with E-state index in [1.165, 1.54) is 12.5 Å². The topological polar surface area (TPSA) is 81.7 Å². The molecule has 2 fully saturated rings. The minimum absolute atomic E-state index is 0.0520. The van der Waals surface area contributed by atoms with Crippen LogP contribution in [0.4, 0.5) is 15.8 Å². The van der Waals surface area contributed by atoms with Gasteiger partial charge in [0.05, 0.1) is 11.8 Å². The number of rotatable bonds is 6. The summed E-state index contributed by atoms with van der Waals surface area (Å²) in [6.45, 7) is 0.0520. The van der Waals surface area contributed by atoms with Gasteiger partial charge in [-0.3, -0.25) is 9.59 Å². The van der Waals surface area contributed by atoms with Crippen LogP contribution in [0, 0.1) is 11.7 Å². The molecule has 1 aromatic carbocycles. The fourth-order valence-electron chi connectivity index (χ4n) is 4.51. The molecule has 6 nitrogen and oxygen atoms in total. The van der Waals surface area contributed by atoms with Gasteiger partial charge in [0.2, 0.25) is 0 Å². The first-order valence-corrected chi connectivity index (χ1v) is 10.8. The second-order valence-electron chi connectivity index (χ2n) is 8.34. The van der Waals surface area contributed by atoms with E-state index in [0.717, 1.165) is 51.4 Å².